The maximum atomic E-state index is 13.7. The molecule has 1 aromatic carbocycles. The zero-order chi connectivity index (χ0) is 15.6. The summed E-state index contributed by atoms with van der Waals surface area (Å²) in [6.07, 6.45) is 0. The van der Waals surface area contributed by atoms with Gasteiger partial charge in [-0.1, -0.05) is 6.07 Å². The highest BCUT2D eigenvalue weighted by Gasteiger charge is 2.15. The summed E-state index contributed by atoms with van der Waals surface area (Å²) in [4.78, 5) is 12.5. The number of nitrogens with one attached hydrogen (secondary N) is 1. The minimum absolute atomic E-state index is 0.0142. The Hall–Kier alpha value is -1.29. The second-order valence-electron chi connectivity index (χ2n) is 4.05. The monoisotopic (exact) mass is 392 g/mol. The van der Waals surface area contributed by atoms with E-state index in [1.54, 1.807) is 12.1 Å². The number of carbonyl (C=O) groups excluding carboxylic acids is 1. The van der Waals surface area contributed by atoms with E-state index in [0.29, 0.717) is 4.88 Å². The Morgan fingerprint density at radius 2 is 2.05 bits per heavy atom. The number of halogens is 2. The van der Waals surface area contributed by atoms with Gasteiger partial charge in [0.2, 0.25) is 10.0 Å². The summed E-state index contributed by atoms with van der Waals surface area (Å²) in [5.74, 6) is -1.23. The molecule has 9 heteroatoms. The van der Waals surface area contributed by atoms with Crippen LogP contribution >= 0.6 is 27.3 Å². The van der Waals surface area contributed by atoms with E-state index in [0.717, 1.165) is 11.3 Å². The molecule has 1 aromatic heterocycles. The second-order valence-corrected chi connectivity index (χ2v) is 7.86. The molecule has 0 bridgehead atoms. The molecule has 2 rings (SSSR count). The Bertz CT molecular complexity index is 790. The molecule has 3 N–H and O–H groups in total. The Morgan fingerprint density at radius 3 is 2.67 bits per heavy atom. The maximum absolute atomic E-state index is 13.7. The molecule has 0 aliphatic carbocycles. The van der Waals surface area contributed by atoms with E-state index in [9.17, 15) is 17.6 Å². The van der Waals surface area contributed by atoms with Crippen molar-refractivity contribution >= 4 is 43.2 Å². The van der Waals surface area contributed by atoms with Crippen LogP contribution in [0.3, 0.4) is 0 Å². The van der Waals surface area contributed by atoms with Crippen LogP contribution in [-0.2, 0) is 16.6 Å². The molecule has 1 heterocycles. The van der Waals surface area contributed by atoms with Gasteiger partial charge in [0, 0.05) is 4.88 Å². The van der Waals surface area contributed by atoms with Gasteiger partial charge in [0.1, 0.15) is 10.0 Å². The molecular formula is C12H10BrFN2O3S2. The predicted octanol–water partition coefficient (Wildman–Crippen LogP) is 2.23. The largest absolute Gasteiger partial charge is 0.347 e. The zero-order valence-electron chi connectivity index (χ0n) is 10.5. The van der Waals surface area contributed by atoms with E-state index in [1.807, 2.05) is 0 Å². The van der Waals surface area contributed by atoms with E-state index < -0.39 is 21.7 Å². The van der Waals surface area contributed by atoms with Gasteiger partial charge in [0.05, 0.1) is 16.6 Å². The third-order valence-corrected chi connectivity index (χ3v) is 5.67. The van der Waals surface area contributed by atoms with Gasteiger partial charge in [0.15, 0.2) is 0 Å². The number of benzene rings is 1. The van der Waals surface area contributed by atoms with Gasteiger partial charge in [-0.25, -0.2) is 17.9 Å². The molecule has 112 valence electrons. The number of amides is 1. The van der Waals surface area contributed by atoms with Gasteiger partial charge in [-0.3, -0.25) is 4.79 Å². The summed E-state index contributed by atoms with van der Waals surface area (Å²) < 4.78 is 36.2. The number of rotatable bonds is 4. The van der Waals surface area contributed by atoms with Crippen molar-refractivity contribution in [1.82, 2.24) is 5.32 Å². The van der Waals surface area contributed by atoms with Crippen molar-refractivity contribution in [3.8, 4) is 0 Å². The summed E-state index contributed by atoms with van der Waals surface area (Å²) in [5.41, 5.74) is -0.0902. The van der Waals surface area contributed by atoms with Crippen LogP contribution in [0, 0.1) is 5.82 Å². The summed E-state index contributed by atoms with van der Waals surface area (Å²) in [6, 6.07) is 7.30. The molecule has 0 fully saturated rings. The lowest BCUT2D eigenvalue weighted by atomic mass is 10.2. The minimum atomic E-state index is -3.75. The van der Waals surface area contributed by atoms with Gasteiger partial charge >= 0.3 is 0 Å². The van der Waals surface area contributed by atoms with Crippen molar-refractivity contribution < 1.29 is 17.6 Å². The predicted molar refractivity (Wildman–Crippen MR) is 81.0 cm³/mol. The molecule has 2 aromatic rings. The van der Waals surface area contributed by atoms with Gasteiger partial charge in [-0.05, 0) is 40.2 Å². The van der Waals surface area contributed by atoms with Crippen molar-refractivity contribution in [3.05, 3.63) is 51.1 Å². The van der Waals surface area contributed by atoms with E-state index in [1.165, 1.54) is 18.2 Å². The average Bonchev–Trinajstić information content (AvgIpc) is 2.88. The Balaban J connectivity index is 2.08. The van der Waals surface area contributed by atoms with Gasteiger partial charge in [0.25, 0.3) is 5.91 Å². The number of nitrogens with two attached hydrogens (primary N) is 1. The lowest BCUT2D eigenvalue weighted by Crippen LogP contribution is -2.23. The normalized spacial score (nSPS) is 11.4. The van der Waals surface area contributed by atoms with Crippen molar-refractivity contribution in [2.75, 3.05) is 0 Å². The van der Waals surface area contributed by atoms with E-state index >= 15 is 0 Å². The molecule has 0 aliphatic rings. The fourth-order valence-electron chi connectivity index (χ4n) is 1.55. The average molecular weight is 393 g/mol. The van der Waals surface area contributed by atoms with E-state index in [4.69, 9.17) is 5.14 Å². The fraction of sp³-hybridized carbons (Fsp3) is 0.0833. The first-order valence-electron chi connectivity index (χ1n) is 5.63. The molecule has 0 unspecified atom stereocenters. The van der Waals surface area contributed by atoms with Crippen molar-refractivity contribution in [3.63, 3.8) is 0 Å². The number of thiophene rings is 1. The third kappa shape index (κ3) is 3.88. The number of sulfonamides is 1. The molecule has 0 radical (unpaired) electrons. The second kappa shape index (κ2) is 6.22. The molecule has 0 spiro atoms. The van der Waals surface area contributed by atoms with Gasteiger partial charge in [-0.15, -0.1) is 11.3 Å². The van der Waals surface area contributed by atoms with Crippen LogP contribution in [0.4, 0.5) is 4.39 Å². The highest BCUT2D eigenvalue weighted by Crippen LogP contribution is 2.21. The van der Waals surface area contributed by atoms with E-state index in [2.05, 4.69) is 21.2 Å². The lowest BCUT2D eigenvalue weighted by Gasteiger charge is -2.05. The quantitative estimate of drug-likeness (QED) is 0.835. The first-order valence-corrected chi connectivity index (χ1v) is 8.78. The Labute approximate surface area is 133 Å². The Kier molecular flexibility index (Phi) is 4.77. The summed E-state index contributed by atoms with van der Waals surface area (Å²) in [7, 11) is -3.75. The molecule has 1 amide bonds. The van der Waals surface area contributed by atoms with Gasteiger partial charge < -0.3 is 5.32 Å². The molecule has 0 saturated heterocycles. The van der Waals surface area contributed by atoms with Crippen LogP contribution < -0.4 is 10.5 Å². The summed E-state index contributed by atoms with van der Waals surface area (Å²) in [5, 5.41) is 7.52. The Morgan fingerprint density at radius 1 is 1.33 bits per heavy atom. The molecular weight excluding hydrogens is 383 g/mol. The number of carbonyl (C=O) groups is 1. The fourth-order valence-corrected chi connectivity index (χ4v) is 3.63. The van der Waals surface area contributed by atoms with E-state index in [-0.39, 0.29) is 20.8 Å². The highest BCUT2D eigenvalue weighted by molar-refractivity contribution is 9.10. The molecule has 0 aliphatic heterocycles. The van der Waals surface area contributed by atoms with Crippen LogP contribution in [-0.4, -0.2) is 14.3 Å². The van der Waals surface area contributed by atoms with Crippen LogP contribution in [0.25, 0.3) is 0 Å². The zero-order valence-corrected chi connectivity index (χ0v) is 13.7. The van der Waals surface area contributed by atoms with Crippen LogP contribution in [0.1, 0.15) is 15.2 Å². The number of hydrogen-bond donors (Lipinski definition) is 2. The minimum Gasteiger partial charge on any atom is -0.347 e. The SMILES string of the molecule is NS(=O)(=O)c1ccc(CNC(=O)c2cccc(Br)c2F)s1. The molecule has 0 saturated carbocycles. The van der Waals surface area contributed by atoms with Crippen molar-refractivity contribution in [1.29, 1.82) is 0 Å². The van der Waals surface area contributed by atoms with Gasteiger partial charge in [-0.2, -0.15) is 0 Å². The van der Waals surface area contributed by atoms with Crippen molar-refractivity contribution in [2.45, 2.75) is 10.8 Å². The summed E-state index contributed by atoms with van der Waals surface area (Å²) >= 11 is 3.96. The highest BCUT2D eigenvalue weighted by atomic mass is 79.9. The van der Waals surface area contributed by atoms with Crippen molar-refractivity contribution in [2.24, 2.45) is 5.14 Å². The standard InChI is InChI=1S/C12H10BrFN2O3S2/c13-9-3-1-2-8(11(9)14)12(17)16-6-7-4-5-10(20-7)21(15,18)19/h1-5H,6H2,(H,16,17)(H2,15,18,19). The molecule has 5 nitrogen and oxygen atoms in total. The third-order valence-electron chi connectivity index (χ3n) is 2.54. The van der Waals surface area contributed by atoms with Crippen LogP contribution in [0.5, 0.6) is 0 Å². The smallest absolute Gasteiger partial charge is 0.254 e. The van der Waals surface area contributed by atoms with Crippen LogP contribution in [0.2, 0.25) is 0 Å². The maximum Gasteiger partial charge on any atom is 0.254 e. The number of primary sulfonamides is 1. The lowest BCUT2D eigenvalue weighted by molar-refractivity contribution is 0.0947. The molecule has 21 heavy (non-hydrogen) atoms. The topological polar surface area (TPSA) is 89.3 Å². The summed E-state index contributed by atoms with van der Waals surface area (Å²) in [6.45, 7) is 0.0883. The van der Waals surface area contributed by atoms with Crippen LogP contribution in [0.15, 0.2) is 39.0 Å². The number of hydrogen-bond acceptors (Lipinski definition) is 4. The molecule has 0 atom stereocenters. The first kappa shape index (κ1) is 16.1. The first-order chi connectivity index (χ1) is 9.79.